The van der Waals surface area contributed by atoms with Gasteiger partial charge in [0.15, 0.2) is 5.13 Å². The Labute approximate surface area is 127 Å². The summed E-state index contributed by atoms with van der Waals surface area (Å²) < 4.78 is 0. The minimum atomic E-state index is -0.115. The Morgan fingerprint density at radius 1 is 1.43 bits per heavy atom. The van der Waals surface area contributed by atoms with Crippen LogP contribution < -0.4 is 16.4 Å². The van der Waals surface area contributed by atoms with Crippen molar-refractivity contribution in [1.82, 2.24) is 9.88 Å². The SMILES string of the molecule is Nc1nc(N2CCC(N)C2)sc1C(=O)N1CCCC1CO. The highest BCUT2D eigenvalue weighted by Crippen LogP contribution is 2.32. The van der Waals surface area contributed by atoms with E-state index in [4.69, 9.17) is 11.5 Å². The molecule has 0 saturated carbocycles. The first-order valence-corrected chi connectivity index (χ1v) is 8.10. The average Bonchev–Trinajstić information content (AvgIpc) is 3.16. The maximum atomic E-state index is 12.6. The first-order valence-electron chi connectivity index (χ1n) is 7.28. The normalized spacial score (nSPS) is 25.8. The summed E-state index contributed by atoms with van der Waals surface area (Å²) in [6, 6.07) is 0.0642. The summed E-state index contributed by atoms with van der Waals surface area (Å²) in [4.78, 5) is 21.2. The van der Waals surface area contributed by atoms with Crippen molar-refractivity contribution in [3.8, 4) is 0 Å². The summed E-state index contributed by atoms with van der Waals surface area (Å²) in [6.45, 7) is 2.28. The molecule has 3 rings (SSSR count). The first kappa shape index (κ1) is 14.6. The number of rotatable bonds is 3. The molecule has 7 nitrogen and oxygen atoms in total. The van der Waals surface area contributed by atoms with Crippen molar-refractivity contribution in [2.45, 2.75) is 31.3 Å². The Morgan fingerprint density at radius 2 is 2.24 bits per heavy atom. The fourth-order valence-corrected chi connectivity index (χ4v) is 3.97. The van der Waals surface area contributed by atoms with Crippen molar-refractivity contribution >= 4 is 28.2 Å². The summed E-state index contributed by atoms with van der Waals surface area (Å²) in [5, 5.41) is 10.1. The quantitative estimate of drug-likeness (QED) is 0.717. The number of amides is 1. The van der Waals surface area contributed by atoms with E-state index in [0.29, 0.717) is 11.4 Å². The van der Waals surface area contributed by atoms with E-state index in [1.54, 1.807) is 4.90 Å². The molecular weight excluding hydrogens is 290 g/mol. The smallest absolute Gasteiger partial charge is 0.268 e. The fraction of sp³-hybridized carbons (Fsp3) is 0.692. The third kappa shape index (κ3) is 2.70. The van der Waals surface area contributed by atoms with Gasteiger partial charge in [0.2, 0.25) is 0 Å². The number of nitrogens with two attached hydrogens (primary N) is 2. The van der Waals surface area contributed by atoms with Gasteiger partial charge in [-0.2, -0.15) is 0 Å². The summed E-state index contributed by atoms with van der Waals surface area (Å²) in [7, 11) is 0. The summed E-state index contributed by atoms with van der Waals surface area (Å²) >= 11 is 1.33. The van der Waals surface area contributed by atoms with E-state index in [9.17, 15) is 9.90 Å². The van der Waals surface area contributed by atoms with Gasteiger partial charge < -0.3 is 26.4 Å². The van der Waals surface area contributed by atoms with Crippen LogP contribution in [0.2, 0.25) is 0 Å². The van der Waals surface area contributed by atoms with E-state index >= 15 is 0 Å². The van der Waals surface area contributed by atoms with Crippen LogP contribution in [0.4, 0.5) is 10.9 Å². The molecular formula is C13H21N5O2S. The fourth-order valence-electron chi connectivity index (χ4n) is 2.99. The van der Waals surface area contributed by atoms with Crippen molar-refractivity contribution in [3.05, 3.63) is 4.88 Å². The Bertz CT molecular complexity index is 535. The zero-order valence-corrected chi connectivity index (χ0v) is 12.7. The van der Waals surface area contributed by atoms with Gasteiger partial charge >= 0.3 is 0 Å². The van der Waals surface area contributed by atoms with Gasteiger partial charge in [-0.3, -0.25) is 4.79 Å². The standard InChI is InChI=1S/C13H21N5O2S/c14-8-3-5-17(6-8)13-16-11(15)10(21-13)12(20)18-4-1-2-9(18)7-19/h8-9,19H,1-7,14-15H2. The number of anilines is 2. The van der Waals surface area contributed by atoms with Gasteiger partial charge in [-0.15, -0.1) is 0 Å². The molecule has 116 valence electrons. The molecule has 21 heavy (non-hydrogen) atoms. The molecule has 2 atom stereocenters. The van der Waals surface area contributed by atoms with Gasteiger partial charge in [0.25, 0.3) is 5.91 Å². The second kappa shape index (κ2) is 5.78. The van der Waals surface area contributed by atoms with E-state index in [-0.39, 0.29) is 30.4 Å². The predicted octanol–water partition coefficient (Wildman–Crippen LogP) is -0.140. The van der Waals surface area contributed by atoms with Crippen molar-refractivity contribution in [1.29, 1.82) is 0 Å². The molecule has 1 aromatic rings. The van der Waals surface area contributed by atoms with Gasteiger partial charge in [0.1, 0.15) is 10.7 Å². The van der Waals surface area contributed by atoms with Gasteiger partial charge in [-0.05, 0) is 19.3 Å². The number of thiazole rings is 1. The molecule has 1 aromatic heterocycles. The first-order chi connectivity index (χ1) is 10.1. The lowest BCUT2D eigenvalue weighted by atomic mass is 10.2. The monoisotopic (exact) mass is 311 g/mol. The molecule has 0 bridgehead atoms. The largest absolute Gasteiger partial charge is 0.394 e. The van der Waals surface area contributed by atoms with E-state index in [0.717, 1.165) is 37.5 Å². The van der Waals surface area contributed by atoms with Crippen LogP contribution in [0.3, 0.4) is 0 Å². The van der Waals surface area contributed by atoms with E-state index in [2.05, 4.69) is 9.88 Å². The van der Waals surface area contributed by atoms with Crippen LogP contribution in [0, 0.1) is 0 Å². The number of aromatic nitrogens is 1. The van der Waals surface area contributed by atoms with Crippen LogP contribution in [0.1, 0.15) is 28.9 Å². The second-order valence-electron chi connectivity index (χ2n) is 5.68. The lowest BCUT2D eigenvalue weighted by molar-refractivity contribution is 0.0683. The zero-order chi connectivity index (χ0) is 15.0. The molecule has 0 spiro atoms. The molecule has 2 aliphatic heterocycles. The summed E-state index contributed by atoms with van der Waals surface area (Å²) in [5.74, 6) is 0.167. The molecule has 2 unspecified atom stereocenters. The predicted molar refractivity (Wildman–Crippen MR) is 82.5 cm³/mol. The minimum Gasteiger partial charge on any atom is -0.394 e. The summed E-state index contributed by atoms with van der Waals surface area (Å²) in [6.07, 6.45) is 2.69. The number of nitrogen functional groups attached to an aromatic ring is 1. The van der Waals surface area contributed by atoms with Gasteiger partial charge in [-0.25, -0.2) is 4.98 Å². The maximum absolute atomic E-state index is 12.6. The van der Waals surface area contributed by atoms with Crippen LogP contribution in [-0.2, 0) is 0 Å². The van der Waals surface area contributed by atoms with Crippen LogP contribution in [-0.4, -0.2) is 59.2 Å². The van der Waals surface area contributed by atoms with Crippen molar-refractivity contribution in [2.75, 3.05) is 36.9 Å². The van der Waals surface area contributed by atoms with Crippen molar-refractivity contribution in [2.24, 2.45) is 5.73 Å². The van der Waals surface area contributed by atoms with Crippen molar-refractivity contribution in [3.63, 3.8) is 0 Å². The Kier molecular flexibility index (Phi) is 4.01. The summed E-state index contributed by atoms with van der Waals surface area (Å²) in [5.41, 5.74) is 11.8. The molecule has 2 fully saturated rings. The number of likely N-dealkylation sites (tertiary alicyclic amines) is 1. The Balaban J connectivity index is 1.79. The topological polar surface area (TPSA) is 109 Å². The molecule has 1 amide bonds. The molecule has 2 aliphatic rings. The third-order valence-electron chi connectivity index (χ3n) is 4.18. The molecule has 2 saturated heterocycles. The lowest BCUT2D eigenvalue weighted by Crippen LogP contribution is -2.37. The average molecular weight is 311 g/mol. The number of aliphatic hydroxyl groups is 1. The van der Waals surface area contributed by atoms with E-state index in [1.165, 1.54) is 11.3 Å². The zero-order valence-electron chi connectivity index (χ0n) is 11.9. The van der Waals surface area contributed by atoms with Crippen molar-refractivity contribution < 1.29 is 9.90 Å². The molecule has 0 radical (unpaired) electrons. The molecule has 3 heterocycles. The number of hydrogen-bond acceptors (Lipinski definition) is 7. The lowest BCUT2D eigenvalue weighted by Gasteiger charge is -2.22. The molecule has 0 aliphatic carbocycles. The number of aliphatic hydroxyl groups excluding tert-OH is 1. The van der Waals surface area contributed by atoms with Crippen LogP contribution in [0.15, 0.2) is 0 Å². The molecule has 5 N–H and O–H groups in total. The van der Waals surface area contributed by atoms with E-state index < -0.39 is 0 Å². The highest BCUT2D eigenvalue weighted by atomic mass is 32.1. The molecule has 0 aromatic carbocycles. The van der Waals surface area contributed by atoms with Gasteiger partial charge in [0, 0.05) is 25.7 Å². The van der Waals surface area contributed by atoms with Gasteiger partial charge in [-0.1, -0.05) is 11.3 Å². The van der Waals surface area contributed by atoms with Crippen LogP contribution >= 0.6 is 11.3 Å². The Hall–Kier alpha value is -1.38. The minimum absolute atomic E-state index is 0.00170. The van der Waals surface area contributed by atoms with Gasteiger partial charge in [0.05, 0.1) is 12.6 Å². The third-order valence-corrected chi connectivity index (χ3v) is 5.30. The number of carbonyl (C=O) groups excluding carboxylic acids is 1. The highest BCUT2D eigenvalue weighted by molar-refractivity contribution is 7.18. The number of carbonyl (C=O) groups is 1. The van der Waals surface area contributed by atoms with Crippen LogP contribution in [0.5, 0.6) is 0 Å². The number of nitrogens with zero attached hydrogens (tertiary/aromatic N) is 3. The molecule has 8 heteroatoms. The Morgan fingerprint density at radius 3 is 2.90 bits per heavy atom. The second-order valence-corrected chi connectivity index (χ2v) is 6.66. The maximum Gasteiger partial charge on any atom is 0.268 e. The van der Waals surface area contributed by atoms with E-state index in [1.807, 2.05) is 0 Å². The highest BCUT2D eigenvalue weighted by Gasteiger charge is 2.32. The van der Waals surface area contributed by atoms with Crippen LogP contribution in [0.25, 0.3) is 0 Å². The number of hydrogen-bond donors (Lipinski definition) is 3.